The molecule has 1 saturated heterocycles. The lowest BCUT2D eigenvalue weighted by Crippen LogP contribution is -1.88. The van der Waals surface area contributed by atoms with Gasteiger partial charge in [-0.25, -0.2) is 0 Å². The van der Waals surface area contributed by atoms with Crippen LogP contribution < -0.4 is 0 Å². The van der Waals surface area contributed by atoms with Gasteiger partial charge >= 0.3 is 0 Å². The Labute approximate surface area is 61.6 Å². The first kappa shape index (κ1) is 9.88. The van der Waals surface area contributed by atoms with Gasteiger partial charge in [-0.05, 0) is 12.3 Å². The van der Waals surface area contributed by atoms with Crippen molar-refractivity contribution in [1.29, 1.82) is 0 Å². The van der Waals surface area contributed by atoms with Crippen molar-refractivity contribution in [3.63, 3.8) is 0 Å². The zero-order chi connectivity index (χ0) is 7.82. The van der Waals surface area contributed by atoms with Crippen LogP contribution in [0.15, 0.2) is 0 Å². The van der Waals surface area contributed by atoms with Gasteiger partial charge in [0.2, 0.25) is 0 Å². The van der Waals surface area contributed by atoms with Gasteiger partial charge in [0.25, 0.3) is 0 Å². The van der Waals surface area contributed by atoms with Crippen molar-refractivity contribution in [2.45, 2.75) is 13.3 Å². The van der Waals surface area contributed by atoms with E-state index in [9.17, 15) is 0 Å². The Morgan fingerprint density at radius 3 is 2.10 bits per heavy atom. The number of hydrogen-bond acceptors (Lipinski definition) is 3. The van der Waals surface area contributed by atoms with Gasteiger partial charge in [-0.2, -0.15) is 0 Å². The predicted molar refractivity (Wildman–Crippen MR) is 38.8 cm³/mol. The Morgan fingerprint density at radius 1 is 1.40 bits per heavy atom. The first-order chi connectivity index (χ1) is 4.81. The molecule has 0 aromatic heterocycles. The van der Waals surface area contributed by atoms with E-state index < -0.39 is 0 Å². The lowest BCUT2D eigenvalue weighted by atomic mass is 10.2. The Bertz CT molecular complexity index is 57.9. The van der Waals surface area contributed by atoms with Gasteiger partial charge in [-0.1, -0.05) is 6.92 Å². The van der Waals surface area contributed by atoms with Gasteiger partial charge in [0, 0.05) is 13.2 Å². The first-order valence-corrected chi connectivity index (χ1v) is 3.60. The second kappa shape index (κ2) is 6.99. The van der Waals surface area contributed by atoms with Crippen LogP contribution in [-0.2, 0) is 4.74 Å². The highest BCUT2D eigenvalue weighted by Crippen LogP contribution is 2.09. The zero-order valence-corrected chi connectivity index (χ0v) is 6.42. The molecule has 2 N–H and O–H groups in total. The maximum absolute atomic E-state index is 7.62. The molecule has 1 fully saturated rings. The average Bonchev–Trinajstić information content (AvgIpc) is 2.40. The minimum absolute atomic E-state index is 0.125. The molecule has 1 heterocycles. The number of rotatable bonds is 1. The molecule has 0 aliphatic carbocycles. The van der Waals surface area contributed by atoms with E-state index >= 15 is 0 Å². The van der Waals surface area contributed by atoms with Gasteiger partial charge in [0.1, 0.15) is 0 Å². The number of aliphatic hydroxyl groups excluding tert-OH is 2. The summed E-state index contributed by atoms with van der Waals surface area (Å²) in [7, 11) is 0. The molecule has 1 rings (SSSR count). The van der Waals surface area contributed by atoms with E-state index in [2.05, 4.69) is 6.92 Å². The summed E-state index contributed by atoms with van der Waals surface area (Å²) in [5.74, 6) is 0.824. The minimum Gasteiger partial charge on any atom is -0.394 e. The zero-order valence-electron chi connectivity index (χ0n) is 6.42. The third-order valence-electron chi connectivity index (χ3n) is 1.26. The van der Waals surface area contributed by atoms with E-state index in [0.29, 0.717) is 0 Å². The Balaban J connectivity index is 0.000000180. The molecule has 10 heavy (non-hydrogen) atoms. The molecular formula is C7H16O3. The fourth-order valence-electron chi connectivity index (χ4n) is 0.652. The summed E-state index contributed by atoms with van der Waals surface area (Å²) in [6, 6.07) is 0. The highest BCUT2D eigenvalue weighted by Gasteiger charge is 2.07. The van der Waals surface area contributed by atoms with Crippen LogP contribution in [0, 0.1) is 5.92 Å². The van der Waals surface area contributed by atoms with Crippen molar-refractivity contribution in [2.24, 2.45) is 5.92 Å². The quantitative estimate of drug-likeness (QED) is 0.551. The molecule has 1 unspecified atom stereocenters. The summed E-state index contributed by atoms with van der Waals surface area (Å²) in [6.07, 6.45) is 1.26. The lowest BCUT2D eigenvalue weighted by molar-refractivity contribution is 0.186. The summed E-state index contributed by atoms with van der Waals surface area (Å²) < 4.78 is 5.06. The first-order valence-electron chi connectivity index (χ1n) is 3.60. The van der Waals surface area contributed by atoms with Crippen LogP contribution in [0.3, 0.4) is 0 Å². The van der Waals surface area contributed by atoms with Crippen LogP contribution in [0.2, 0.25) is 0 Å². The van der Waals surface area contributed by atoms with E-state index in [-0.39, 0.29) is 13.2 Å². The normalized spacial score (nSPS) is 23.7. The molecule has 0 aromatic carbocycles. The smallest absolute Gasteiger partial charge is 0.0662 e. The monoisotopic (exact) mass is 148 g/mol. The topological polar surface area (TPSA) is 49.7 Å². The van der Waals surface area contributed by atoms with E-state index in [0.717, 1.165) is 19.1 Å². The van der Waals surface area contributed by atoms with Crippen molar-refractivity contribution < 1.29 is 14.9 Å². The van der Waals surface area contributed by atoms with E-state index in [1.165, 1.54) is 6.42 Å². The number of ether oxygens (including phenoxy) is 1. The van der Waals surface area contributed by atoms with Crippen LogP contribution in [0.4, 0.5) is 0 Å². The molecule has 0 spiro atoms. The standard InChI is InChI=1S/C5H10O.C2H6O2/c1-5-2-3-6-4-5;3-1-2-4/h5H,2-4H2,1H3;3-4H,1-2H2. The van der Waals surface area contributed by atoms with E-state index in [4.69, 9.17) is 14.9 Å². The average molecular weight is 148 g/mol. The Hall–Kier alpha value is -0.120. The fraction of sp³-hybridized carbons (Fsp3) is 1.00. The van der Waals surface area contributed by atoms with Crippen LogP contribution in [0.5, 0.6) is 0 Å². The highest BCUT2D eigenvalue weighted by molar-refractivity contribution is 4.55. The molecule has 0 bridgehead atoms. The second-order valence-electron chi connectivity index (χ2n) is 2.42. The lowest BCUT2D eigenvalue weighted by Gasteiger charge is -1.89. The maximum atomic E-state index is 7.62. The maximum Gasteiger partial charge on any atom is 0.0662 e. The molecule has 3 heteroatoms. The molecule has 0 saturated carbocycles. The molecule has 1 aliphatic heterocycles. The Morgan fingerprint density at radius 2 is 2.00 bits per heavy atom. The van der Waals surface area contributed by atoms with Crippen molar-refractivity contribution in [3.8, 4) is 0 Å². The molecule has 0 amide bonds. The van der Waals surface area contributed by atoms with Gasteiger partial charge in [-0.3, -0.25) is 0 Å². The largest absolute Gasteiger partial charge is 0.394 e. The van der Waals surface area contributed by atoms with Crippen LogP contribution in [-0.4, -0.2) is 36.6 Å². The number of aliphatic hydroxyl groups is 2. The van der Waals surface area contributed by atoms with Gasteiger partial charge in [-0.15, -0.1) is 0 Å². The predicted octanol–water partition coefficient (Wildman–Crippen LogP) is 0.0138. The van der Waals surface area contributed by atoms with Crippen molar-refractivity contribution in [1.82, 2.24) is 0 Å². The summed E-state index contributed by atoms with van der Waals surface area (Å²) in [5.41, 5.74) is 0. The molecule has 1 atom stereocenters. The molecule has 3 nitrogen and oxygen atoms in total. The van der Waals surface area contributed by atoms with Gasteiger partial charge in [0.05, 0.1) is 13.2 Å². The van der Waals surface area contributed by atoms with E-state index in [1.54, 1.807) is 0 Å². The van der Waals surface area contributed by atoms with Crippen LogP contribution in [0.25, 0.3) is 0 Å². The molecule has 0 aromatic rings. The molecule has 62 valence electrons. The second-order valence-corrected chi connectivity index (χ2v) is 2.42. The van der Waals surface area contributed by atoms with Crippen molar-refractivity contribution >= 4 is 0 Å². The van der Waals surface area contributed by atoms with Gasteiger partial charge < -0.3 is 14.9 Å². The Kier molecular flexibility index (Phi) is 6.91. The summed E-state index contributed by atoms with van der Waals surface area (Å²) in [4.78, 5) is 0. The molecule has 0 radical (unpaired) electrons. The summed E-state index contributed by atoms with van der Waals surface area (Å²) in [6.45, 7) is 3.94. The summed E-state index contributed by atoms with van der Waals surface area (Å²) in [5, 5.41) is 15.2. The van der Waals surface area contributed by atoms with Crippen LogP contribution >= 0.6 is 0 Å². The van der Waals surface area contributed by atoms with Crippen LogP contribution in [0.1, 0.15) is 13.3 Å². The fourth-order valence-corrected chi connectivity index (χ4v) is 0.652. The molecule has 1 aliphatic rings. The summed E-state index contributed by atoms with van der Waals surface area (Å²) >= 11 is 0. The SMILES string of the molecule is CC1CCOC1.OCCO. The van der Waals surface area contributed by atoms with E-state index in [1.807, 2.05) is 0 Å². The number of hydrogen-bond donors (Lipinski definition) is 2. The third-order valence-corrected chi connectivity index (χ3v) is 1.26. The highest BCUT2D eigenvalue weighted by atomic mass is 16.5. The minimum atomic E-state index is -0.125. The van der Waals surface area contributed by atoms with Gasteiger partial charge in [0.15, 0.2) is 0 Å². The van der Waals surface area contributed by atoms with Crippen molar-refractivity contribution in [2.75, 3.05) is 26.4 Å². The third kappa shape index (κ3) is 6.01. The molecular weight excluding hydrogens is 132 g/mol. The van der Waals surface area contributed by atoms with Crippen molar-refractivity contribution in [3.05, 3.63) is 0 Å².